The quantitative estimate of drug-likeness (QED) is 0.500. The Bertz CT molecular complexity index is 904. The minimum Gasteiger partial charge on any atom is -0.378 e. The van der Waals surface area contributed by atoms with Crippen molar-refractivity contribution in [3.05, 3.63) is 64.6 Å². The molecule has 26 heavy (non-hydrogen) atoms. The molecule has 1 radical (unpaired) electrons. The lowest BCUT2D eigenvalue weighted by atomic mass is 10.1. The topological polar surface area (TPSA) is 112 Å². The number of nitrogens with two attached hydrogens (primary N) is 1. The van der Waals surface area contributed by atoms with Gasteiger partial charge in [-0.2, -0.15) is 0 Å². The molecule has 0 spiro atoms. The van der Waals surface area contributed by atoms with Gasteiger partial charge in [-0.15, -0.1) is 0 Å². The molecule has 8 nitrogen and oxygen atoms in total. The summed E-state index contributed by atoms with van der Waals surface area (Å²) in [6, 6.07) is 11.1. The van der Waals surface area contributed by atoms with Crippen LogP contribution in [0.1, 0.15) is 12.5 Å². The van der Waals surface area contributed by atoms with Crippen LogP contribution in [0.15, 0.2) is 42.7 Å². The number of benzene rings is 1. The number of imidazole rings is 1. The second-order valence-electron chi connectivity index (χ2n) is 5.73. The summed E-state index contributed by atoms with van der Waals surface area (Å²) in [5, 5.41) is 13.8. The van der Waals surface area contributed by atoms with E-state index >= 15 is 0 Å². The van der Waals surface area contributed by atoms with Gasteiger partial charge in [0.2, 0.25) is 5.82 Å². The van der Waals surface area contributed by atoms with Crippen LogP contribution < -0.4 is 11.1 Å². The lowest BCUT2D eigenvalue weighted by Crippen LogP contribution is -2.11. The molecule has 3 N–H and O–H groups in total. The maximum atomic E-state index is 10.7. The van der Waals surface area contributed by atoms with E-state index in [9.17, 15) is 10.1 Å². The molecule has 0 aliphatic heterocycles. The Hall–Kier alpha value is -3.42. The number of aryl methyl sites for hydroxylation is 1. The number of nitrogens with zero attached hydrogens (tertiary/aromatic N) is 4. The first-order chi connectivity index (χ1) is 12.6. The van der Waals surface area contributed by atoms with Crippen molar-refractivity contribution in [2.75, 3.05) is 17.6 Å². The lowest BCUT2D eigenvalue weighted by molar-refractivity contribution is -0.384. The van der Waals surface area contributed by atoms with Crippen LogP contribution in [0.25, 0.3) is 11.3 Å². The first-order valence-electron chi connectivity index (χ1n) is 8.25. The van der Waals surface area contributed by atoms with Crippen LogP contribution in [0.4, 0.5) is 17.3 Å². The Morgan fingerprint density at radius 1 is 1.27 bits per heavy atom. The highest BCUT2D eigenvalue weighted by molar-refractivity contribution is 5.58. The van der Waals surface area contributed by atoms with Crippen molar-refractivity contribution < 1.29 is 4.92 Å². The number of hydrogen-bond acceptors (Lipinski definition) is 6. The van der Waals surface area contributed by atoms with E-state index in [0.717, 1.165) is 17.7 Å². The summed E-state index contributed by atoms with van der Waals surface area (Å²) in [7, 11) is 0. The van der Waals surface area contributed by atoms with Crippen LogP contribution in [0.2, 0.25) is 0 Å². The largest absolute Gasteiger partial charge is 0.378 e. The van der Waals surface area contributed by atoms with Crippen LogP contribution in [-0.4, -0.2) is 26.0 Å². The van der Waals surface area contributed by atoms with Gasteiger partial charge in [-0.1, -0.05) is 31.2 Å². The molecule has 0 saturated carbocycles. The van der Waals surface area contributed by atoms with Crippen molar-refractivity contribution in [1.82, 2.24) is 14.5 Å². The summed E-state index contributed by atoms with van der Waals surface area (Å²) in [6.45, 7) is 3.31. The highest BCUT2D eigenvalue weighted by Gasteiger charge is 2.12. The molecule has 0 bridgehead atoms. The smallest absolute Gasteiger partial charge is 0.311 e. The third kappa shape index (κ3) is 3.97. The van der Waals surface area contributed by atoms with Gasteiger partial charge in [0, 0.05) is 24.7 Å². The fourth-order valence-corrected chi connectivity index (χ4v) is 2.50. The monoisotopic (exact) mass is 351 g/mol. The van der Waals surface area contributed by atoms with Gasteiger partial charge in [-0.05, 0) is 18.1 Å². The molecule has 8 heteroatoms. The molecule has 3 rings (SSSR count). The second kappa shape index (κ2) is 7.64. The van der Waals surface area contributed by atoms with Gasteiger partial charge in [0.1, 0.15) is 5.82 Å². The van der Waals surface area contributed by atoms with Crippen molar-refractivity contribution in [3.8, 4) is 11.3 Å². The van der Waals surface area contributed by atoms with E-state index in [1.165, 1.54) is 17.7 Å². The van der Waals surface area contributed by atoms with Gasteiger partial charge in [-0.3, -0.25) is 10.1 Å². The SMILES string of the molecule is CCc1ccc(-c2[c]n(CCNc3ccc([N+](=O)[O-])c(N)n3)cn2)cc1. The number of aromatic nitrogens is 3. The molecule has 3 aromatic rings. The van der Waals surface area contributed by atoms with E-state index in [0.29, 0.717) is 18.9 Å². The summed E-state index contributed by atoms with van der Waals surface area (Å²) in [5.41, 5.74) is 8.49. The number of pyridine rings is 1. The molecule has 2 aromatic heterocycles. The molecule has 0 unspecified atom stereocenters. The molecular formula is C18H19N6O2. The molecule has 2 heterocycles. The van der Waals surface area contributed by atoms with E-state index in [1.807, 2.05) is 16.7 Å². The number of anilines is 2. The Balaban J connectivity index is 1.58. The van der Waals surface area contributed by atoms with Crippen LogP contribution in [0, 0.1) is 16.3 Å². The predicted octanol–water partition coefficient (Wildman–Crippen LogP) is 2.91. The van der Waals surface area contributed by atoms with Crippen LogP contribution in [0.3, 0.4) is 0 Å². The van der Waals surface area contributed by atoms with Crippen LogP contribution >= 0.6 is 0 Å². The van der Waals surface area contributed by atoms with Gasteiger partial charge >= 0.3 is 5.69 Å². The molecule has 0 aliphatic rings. The summed E-state index contributed by atoms with van der Waals surface area (Å²) in [5.74, 6) is 0.385. The minimum absolute atomic E-state index is 0.105. The maximum Gasteiger partial charge on any atom is 0.311 e. The molecule has 0 saturated heterocycles. The van der Waals surface area contributed by atoms with E-state index in [-0.39, 0.29) is 11.5 Å². The molecule has 1 aromatic carbocycles. The zero-order chi connectivity index (χ0) is 18.5. The number of hydrogen-bond donors (Lipinski definition) is 2. The van der Waals surface area contributed by atoms with Crippen molar-refractivity contribution in [2.45, 2.75) is 19.9 Å². The first-order valence-corrected chi connectivity index (χ1v) is 8.25. The van der Waals surface area contributed by atoms with Gasteiger partial charge in [-0.25, -0.2) is 9.97 Å². The number of rotatable bonds is 7. The van der Waals surface area contributed by atoms with Crippen molar-refractivity contribution in [3.63, 3.8) is 0 Å². The van der Waals surface area contributed by atoms with Crippen molar-refractivity contribution in [2.24, 2.45) is 0 Å². The zero-order valence-electron chi connectivity index (χ0n) is 14.3. The fraction of sp³-hybridized carbons (Fsp3) is 0.222. The fourth-order valence-electron chi connectivity index (χ4n) is 2.50. The van der Waals surface area contributed by atoms with E-state index in [2.05, 4.69) is 40.5 Å². The predicted molar refractivity (Wildman–Crippen MR) is 99.7 cm³/mol. The summed E-state index contributed by atoms with van der Waals surface area (Å²) in [4.78, 5) is 18.5. The Labute approximate surface area is 150 Å². The molecule has 133 valence electrons. The minimum atomic E-state index is -0.554. The van der Waals surface area contributed by atoms with Gasteiger partial charge in [0.25, 0.3) is 0 Å². The normalized spacial score (nSPS) is 10.7. The summed E-state index contributed by atoms with van der Waals surface area (Å²) < 4.78 is 1.85. The third-order valence-electron chi connectivity index (χ3n) is 3.97. The van der Waals surface area contributed by atoms with E-state index < -0.39 is 4.92 Å². The Kier molecular flexibility index (Phi) is 5.12. The Morgan fingerprint density at radius 2 is 2.04 bits per heavy atom. The average molecular weight is 351 g/mol. The molecule has 0 amide bonds. The third-order valence-corrected chi connectivity index (χ3v) is 3.97. The molecule has 0 fully saturated rings. The number of nitro groups is 1. The maximum absolute atomic E-state index is 10.7. The molecular weight excluding hydrogens is 332 g/mol. The highest BCUT2D eigenvalue weighted by atomic mass is 16.6. The summed E-state index contributed by atoms with van der Waals surface area (Å²) in [6.07, 6.45) is 5.95. The van der Waals surface area contributed by atoms with Gasteiger partial charge in [0.15, 0.2) is 0 Å². The van der Waals surface area contributed by atoms with Gasteiger partial charge in [0.05, 0.1) is 23.1 Å². The number of nitrogens with one attached hydrogen (secondary N) is 1. The zero-order valence-corrected chi connectivity index (χ0v) is 14.3. The standard InChI is InChI=1S/C18H19N6O2/c1-2-13-3-5-14(6-4-13)15-11-23(12-21-15)10-9-20-17-8-7-16(24(25)26)18(19)22-17/h3-8,12H,2,9-10H2,1H3,(H3,19,20,22). The lowest BCUT2D eigenvalue weighted by Gasteiger charge is -2.06. The van der Waals surface area contributed by atoms with Crippen LogP contribution in [-0.2, 0) is 13.0 Å². The summed E-state index contributed by atoms with van der Waals surface area (Å²) >= 11 is 0. The molecule has 0 atom stereocenters. The average Bonchev–Trinajstić information content (AvgIpc) is 3.10. The van der Waals surface area contributed by atoms with E-state index in [4.69, 9.17) is 5.73 Å². The molecule has 0 aliphatic carbocycles. The van der Waals surface area contributed by atoms with Crippen molar-refractivity contribution >= 4 is 17.3 Å². The van der Waals surface area contributed by atoms with Gasteiger partial charge < -0.3 is 15.6 Å². The number of nitrogen functional groups attached to an aromatic ring is 1. The highest BCUT2D eigenvalue weighted by Crippen LogP contribution is 2.21. The van der Waals surface area contributed by atoms with E-state index in [1.54, 1.807) is 6.33 Å². The second-order valence-corrected chi connectivity index (χ2v) is 5.73. The van der Waals surface area contributed by atoms with Crippen LogP contribution in [0.5, 0.6) is 0 Å². The van der Waals surface area contributed by atoms with Crippen molar-refractivity contribution in [1.29, 1.82) is 0 Å². The first kappa shape index (κ1) is 17.4. The Morgan fingerprint density at radius 3 is 2.69 bits per heavy atom.